The van der Waals surface area contributed by atoms with Crippen LogP contribution >= 0.6 is 0 Å². The Morgan fingerprint density at radius 1 is 0.708 bits per heavy atom. The molecule has 12 heteroatoms. The number of aliphatic hydroxyl groups is 1. The first-order chi connectivity index (χ1) is 22.5. The maximum absolute atomic E-state index is 13.6. The molecule has 0 spiro atoms. The van der Waals surface area contributed by atoms with E-state index in [0.717, 1.165) is 12.8 Å². The van der Waals surface area contributed by atoms with Gasteiger partial charge in [0.25, 0.3) is 0 Å². The summed E-state index contributed by atoms with van der Waals surface area (Å²) < 4.78 is 16.1. The highest BCUT2D eigenvalue weighted by atomic mass is 16.6. The fraction of sp³-hybridized carbons (Fsp3) is 0.833. The predicted octanol–water partition coefficient (Wildman–Crippen LogP) is 3.24. The molecule has 0 aromatic heterocycles. The summed E-state index contributed by atoms with van der Waals surface area (Å²) in [5.41, 5.74) is -0.637. The second-order valence-corrected chi connectivity index (χ2v) is 17.2. The summed E-state index contributed by atoms with van der Waals surface area (Å²) >= 11 is 0. The van der Waals surface area contributed by atoms with Gasteiger partial charge in [-0.2, -0.15) is 0 Å². The quantitative estimate of drug-likeness (QED) is 0.148. The van der Waals surface area contributed by atoms with Gasteiger partial charge in [-0.3, -0.25) is 28.8 Å². The molecule has 6 bridgehead atoms. The minimum Gasteiger partial charge on any atom is -0.481 e. The van der Waals surface area contributed by atoms with E-state index in [0.29, 0.717) is 25.2 Å². The Bertz CT molecular complexity index is 1420. The molecule has 6 saturated carbocycles. The maximum atomic E-state index is 13.6. The van der Waals surface area contributed by atoms with Gasteiger partial charge in [0, 0.05) is 0 Å². The Labute approximate surface area is 279 Å². The third kappa shape index (κ3) is 4.85. The molecule has 264 valence electrons. The third-order valence-electron chi connectivity index (χ3n) is 14.4. The Balaban J connectivity index is 1.33. The topological polar surface area (TPSA) is 191 Å². The largest absolute Gasteiger partial charge is 0.481 e. The van der Waals surface area contributed by atoms with E-state index in [-0.39, 0.29) is 53.3 Å². The number of aliphatic carboxylic acids is 2. The van der Waals surface area contributed by atoms with Crippen LogP contribution in [0, 0.1) is 107 Å². The van der Waals surface area contributed by atoms with Gasteiger partial charge < -0.3 is 29.5 Å². The lowest BCUT2D eigenvalue weighted by Crippen LogP contribution is -2.53. The molecule has 0 amide bonds. The van der Waals surface area contributed by atoms with Crippen molar-refractivity contribution in [3.05, 3.63) is 0 Å². The van der Waals surface area contributed by atoms with E-state index in [1.807, 2.05) is 20.8 Å². The summed E-state index contributed by atoms with van der Waals surface area (Å²) in [6.07, 6.45) is 3.16. The zero-order chi connectivity index (χ0) is 34.7. The van der Waals surface area contributed by atoms with E-state index in [9.17, 15) is 44.1 Å². The zero-order valence-electron chi connectivity index (χ0n) is 28.2. The second-order valence-electron chi connectivity index (χ2n) is 17.2. The lowest BCUT2D eigenvalue weighted by Gasteiger charge is -2.51. The molecule has 1 aliphatic heterocycles. The maximum Gasteiger partial charge on any atom is 0.317 e. The van der Waals surface area contributed by atoms with Gasteiger partial charge in [-0.1, -0.05) is 13.8 Å². The molecule has 1 saturated heterocycles. The summed E-state index contributed by atoms with van der Waals surface area (Å²) in [6, 6.07) is 0. The van der Waals surface area contributed by atoms with Crippen molar-refractivity contribution in [2.24, 2.45) is 107 Å². The van der Waals surface area contributed by atoms with E-state index in [2.05, 4.69) is 6.92 Å². The third-order valence-corrected chi connectivity index (χ3v) is 14.4. The second kappa shape index (κ2) is 11.5. The molecule has 7 fully saturated rings. The van der Waals surface area contributed by atoms with Crippen LogP contribution in [0.1, 0.15) is 66.7 Å². The molecule has 0 aromatic rings. The van der Waals surface area contributed by atoms with Gasteiger partial charge in [0.2, 0.25) is 0 Å². The van der Waals surface area contributed by atoms with Crippen molar-refractivity contribution in [1.82, 2.24) is 0 Å². The van der Waals surface area contributed by atoms with Crippen LogP contribution in [0.4, 0.5) is 0 Å². The number of esters is 4. The number of aliphatic hydroxyl groups excluding tert-OH is 1. The number of hydrogen-bond acceptors (Lipinski definition) is 10. The van der Waals surface area contributed by atoms with Gasteiger partial charge in [-0.25, -0.2) is 0 Å². The molecule has 18 unspecified atom stereocenters. The van der Waals surface area contributed by atoms with Crippen molar-refractivity contribution >= 4 is 35.8 Å². The molecule has 3 N–H and O–H groups in total. The van der Waals surface area contributed by atoms with Crippen LogP contribution in [0.2, 0.25) is 0 Å². The van der Waals surface area contributed by atoms with Gasteiger partial charge in [0.15, 0.2) is 6.79 Å². The summed E-state index contributed by atoms with van der Waals surface area (Å²) in [7, 11) is 0. The van der Waals surface area contributed by atoms with Crippen molar-refractivity contribution in [3.63, 3.8) is 0 Å². The first-order valence-electron chi connectivity index (χ1n) is 17.8. The number of carboxylic acids is 2. The molecular weight excluding hydrogens is 624 g/mol. The van der Waals surface area contributed by atoms with Crippen LogP contribution in [-0.2, 0) is 43.0 Å². The molecule has 7 aliphatic rings. The normalized spacial score (nSPS) is 48.6. The minimum atomic E-state index is -1.22. The number of carbonyl (C=O) groups is 6. The molecule has 48 heavy (non-hydrogen) atoms. The molecule has 18 atom stereocenters. The average molecular weight is 673 g/mol. The van der Waals surface area contributed by atoms with E-state index in [4.69, 9.17) is 14.2 Å². The molecule has 7 rings (SSSR count). The smallest absolute Gasteiger partial charge is 0.317 e. The van der Waals surface area contributed by atoms with Gasteiger partial charge >= 0.3 is 35.8 Å². The van der Waals surface area contributed by atoms with Crippen LogP contribution in [-0.4, -0.2) is 63.5 Å². The lowest BCUT2D eigenvalue weighted by atomic mass is 9.51. The first kappa shape index (κ1) is 33.5. The highest BCUT2D eigenvalue weighted by Gasteiger charge is 2.73. The van der Waals surface area contributed by atoms with Gasteiger partial charge in [-0.15, -0.1) is 0 Å². The Kier molecular flexibility index (Phi) is 8.03. The number of ether oxygens (including phenoxy) is 3. The number of fused-ring (bicyclic) bond motifs is 6. The standard InChI is InChI=1S/C36H48O12/c1-12-14-6-16(19(7-14)34(44)48-36(3,4)5)22(12)24-15-8-17(18(9-15)33(43)46-11-37)25(24)27-21-10-20(28(30(38)39)29(21)31(40)41)26(27)23-13(2)32(42)47-35(23)45/h12-29,37H,6-11H2,1-5H3,(H,38,39)(H,40,41). The van der Waals surface area contributed by atoms with Crippen LogP contribution in [0.5, 0.6) is 0 Å². The van der Waals surface area contributed by atoms with E-state index in [1.54, 1.807) is 6.92 Å². The fourth-order valence-corrected chi connectivity index (χ4v) is 13.3. The molecule has 0 radical (unpaired) electrons. The van der Waals surface area contributed by atoms with Crippen LogP contribution < -0.4 is 0 Å². The average Bonchev–Trinajstić information content (AvgIpc) is 3.84. The molecule has 0 aromatic carbocycles. The molecule has 6 aliphatic carbocycles. The fourth-order valence-electron chi connectivity index (χ4n) is 13.3. The number of carboxylic acid groups (broad SMARTS) is 2. The van der Waals surface area contributed by atoms with E-state index < -0.39 is 95.5 Å². The molecule has 1 heterocycles. The SMILES string of the molecule is CC1C(=O)OC(=O)C1C1C2CC(C(C(=O)O)C2C(=O)O)C1C1C2CC(CC2C(=O)OCO)C1C1C(C)C2CC(C(=O)OC(C)(C)C)C1C2. The highest BCUT2D eigenvalue weighted by Crippen LogP contribution is 2.73. The van der Waals surface area contributed by atoms with Crippen LogP contribution in [0.15, 0.2) is 0 Å². The number of rotatable bonds is 8. The predicted molar refractivity (Wildman–Crippen MR) is 163 cm³/mol. The lowest BCUT2D eigenvalue weighted by molar-refractivity contribution is -0.170. The van der Waals surface area contributed by atoms with Crippen LogP contribution in [0.3, 0.4) is 0 Å². The highest BCUT2D eigenvalue weighted by molar-refractivity contribution is 5.96. The van der Waals surface area contributed by atoms with Crippen molar-refractivity contribution in [2.75, 3.05) is 6.79 Å². The van der Waals surface area contributed by atoms with Gasteiger partial charge in [0.05, 0.1) is 35.5 Å². The summed E-state index contributed by atoms with van der Waals surface area (Å²) in [4.78, 5) is 78.6. The van der Waals surface area contributed by atoms with E-state index in [1.165, 1.54) is 0 Å². The van der Waals surface area contributed by atoms with Crippen LogP contribution in [0.25, 0.3) is 0 Å². The Morgan fingerprint density at radius 2 is 1.25 bits per heavy atom. The zero-order valence-corrected chi connectivity index (χ0v) is 28.2. The van der Waals surface area contributed by atoms with E-state index >= 15 is 0 Å². The first-order valence-corrected chi connectivity index (χ1v) is 17.8. The summed E-state index contributed by atoms with van der Waals surface area (Å²) in [5.74, 6) is -11.4. The molecule has 12 nitrogen and oxygen atoms in total. The Morgan fingerprint density at radius 3 is 1.79 bits per heavy atom. The Hall–Kier alpha value is -3.02. The number of cyclic esters (lactones) is 2. The summed E-state index contributed by atoms with van der Waals surface area (Å²) in [6.45, 7) is 8.66. The van der Waals surface area contributed by atoms with Crippen molar-refractivity contribution in [1.29, 1.82) is 0 Å². The van der Waals surface area contributed by atoms with Gasteiger partial charge in [-0.05, 0) is 124 Å². The monoisotopic (exact) mass is 672 g/mol. The van der Waals surface area contributed by atoms with Crippen molar-refractivity contribution in [2.45, 2.75) is 72.3 Å². The number of carbonyl (C=O) groups excluding carboxylic acids is 4. The summed E-state index contributed by atoms with van der Waals surface area (Å²) in [5, 5.41) is 30.3. The van der Waals surface area contributed by atoms with Crippen molar-refractivity contribution < 1.29 is 58.3 Å². The van der Waals surface area contributed by atoms with Crippen molar-refractivity contribution in [3.8, 4) is 0 Å². The molecular formula is C36H48O12. The minimum absolute atomic E-state index is 0.00332. The number of hydrogen-bond donors (Lipinski definition) is 3. The van der Waals surface area contributed by atoms with Gasteiger partial charge in [0.1, 0.15) is 5.60 Å².